The fourth-order valence-corrected chi connectivity index (χ4v) is 1.66. The van der Waals surface area contributed by atoms with Gasteiger partial charge in [0, 0.05) is 15.7 Å². The summed E-state index contributed by atoms with van der Waals surface area (Å²) >= 11 is 3.40. The molecular weight excluding hydrogens is 292 g/mol. The second kappa shape index (κ2) is 5.02. The summed E-state index contributed by atoms with van der Waals surface area (Å²) in [7, 11) is 0. The topological polar surface area (TPSA) is 55.1 Å². The highest BCUT2D eigenvalue weighted by Crippen LogP contribution is 2.31. The molecule has 0 atom stereocenters. The number of halogens is 1. The van der Waals surface area contributed by atoms with Crippen molar-refractivity contribution in [3.63, 3.8) is 0 Å². The lowest BCUT2D eigenvalue weighted by Crippen LogP contribution is -2.53. The molecule has 1 amide bonds. The van der Waals surface area contributed by atoms with Gasteiger partial charge in [-0.05, 0) is 52.3 Å². The van der Waals surface area contributed by atoms with Crippen LogP contribution in [-0.2, 0) is 4.79 Å². The van der Waals surface area contributed by atoms with Gasteiger partial charge in [0.05, 0.1) is 5.41 Å². The monoisotopic (exact) mass is 312 g/mol. The van der Waals surface area contributed by atoms with Gasteiger partial charge in [-0.3, -0.25) is 4.79 Å². The predicted molar refractivity (Wildman–Crippen MR) is 79.6 cm³/mol. The smallest absolute Gasteiger partial charge is 0.231 e. The number of hydrogen-bond donors (Lipinski definition) is 2. The molecule has 3 N–H and O–H groups in total. The highest BCUT2D eigenvalue weighted by atomic mass is 79.9. The number of nitrogens with two attached hydrogens (primary N) is 1. The van der Waals surface area contributed by atoms with E-state index in [0.717, 1.165) is 15.7 Å². The van der Waals surface area contributed by atoms with Gasteiger partial charge >= 0.3 is 0 Å². The number of hydrogen-bond acceptors (Lipinski definition) is 2. The highest BCUT2D eigenvalue weighted by Gasteiger charge is 2.40. The van der Waals surface area contributed by atoms with E-state index in [0.29, 0.717) is 0 Å². The van der Waals surface area contributed by atoms with Gasteiger partial charge in [-0.2, -0.15) is 0 Å². The minimum atomic E-state index is -0.651. The fraction of sp³-hybridized carbons (Fsp3) is 0.500. The standard InChI is InChI=1S/C14H21BrN2O/c1-9-6-7-10(15)8-11(9)17-12(18)13(2,3)14(4,5)16/h6-8H,16H2,1-5H3,(H,17,18). The molecule has 1 aromatic carbocycles. The molecule has 0 aliphatic carbocycles. The van der Waals surface area contributed by atoms with E-state index >= 15 is 0 Å². The molecular formula is C14H21BrN2O. The van der Waals surface area contributed by atoms with Crippen LogP contribution in [0.25, 0.3) is 0 Å². The van der Waals surface area contributed by atoms with Crippen molar-refractivity contribution < 1.29 is 4.79 Å². The second-order valence-electron chi connectivity index (χ2n) is 5.76. The van der Waals surface area contributed by atoms with Crippen molar-refractivity contribution in [2.75, 3.05) is 5.32 Å². The molecule has 0 saturated heterocycles. The SMILES string of the molecule is Cc1ccc(Br)cc1NC(=O)C(C)(C)C(C)(C)N. The van der Waals surface area contributed by atoms with Crippen molar-refractivity contribution in [2.24, 2.45) is 11.1 Å². The number of benzene rings is 1. The van der Waals surface area contributed by atoms with Gasteiger partial charge in [0.15, 0.2) is 0 Å². The van der Waals surface area contributed by atoms with Gasteiger partial charge in [0.25, 0.3) is 0 Å². The number of nitrogens with one attached hydrogen (secondary N) is 1. The van der Waals surface area contributed by atoms with Crippen LogP contribution in [-0.4, -0.2) is 11.4 Å². The van der Waals surface area contributed by atoms with Crippen LogP contribution in [0.1, 0.15) is 33.3 Å². The van der Waals surface area contributed by atoms with Crippen LogP contribution in [0.4, 0.5) is 5.69 Å². The molecule has 0 radical (unpaired) electrons. The van der Waals surface area contributed by atoms with E-state index < -0.39 is 11.0 Å². The Morgan fingerprint density at radius 2 is 1.83 bits per heavy atom. The molecule has 0 heterocycles. The van der Waals surface area contributed by atoms with Crippen molar-refractivity contribution in [3.8, 4) is 0 Å². The molecule has 0 aliphatic rings. The van der Waals surface area contributed by atoms with Crippen LogP contribution in [0.15, 0.2) is 22.7 Å². The number of rotatable bonds is 3. The van der Waals surface area contributed by atoms with E-state index in [-0.39, 0.29) is 5.91 Å². The van der Waals surface area contributed by atoms with Gasteiger partial charge in [-0.15, -0.1) is 0 Å². The molecule has 1 aromatic rings. The van der Waals surface area contributed by atoms with Crippen LogP contribution in [0.5, 0.6) is 0 Å². The quantitative estimate of drug-likeness (QED) is 0.898. The molecule has 3 nitrogen and oxygen atoms in total. The lowest BCUT2D eigenvalue weighted by molar-refractivity contribution is -0.126. The Kier molecular flexibility index (Phi) is 4.23. The normalized spacial score (nSPS) is 12.4. The van der Waals surface area contributed by atoms with Crippen molar-refractivity contribution in [1.82, 2.24) is 0 Å². The Balaban J connectivity index is 2.98. The maximum atomic E-state index is 12.3. The van der Waals surface area contributed by atoms with Crippen LogP contribution in [0.2, 0.25) is 0 Å². The first-order chi connectivity index (χ1) is 8.05. The van der Waals surface area contributed by atoms with E-state index in [2.05, 4.69) is 21.2 Å². The van der Waals surface area contributed by atoms with Crippen molar-refractivity contribution in [1.29, 1.82) is 0 Å². The van der Waals surface area contributed by atoms with E-state index in [1.165, 1.54) is 0 Å². The number of anilines is 1. The molecule has 0 saturated carbocycles. The number of carbonyl (C=O) groups is 1. The van der Waals surface area contributed by atoms with Gasteiger partial charge < -0.3 is 11.1 Å². The average molecular weight is 313 g/mol. The van der Waals surface area contributed by atoms with Crippen LogP contribution >= 0.6 is 15.9 Å². The minimum absolute atomic E-state index is 0.0730. The lowest BCUT2D eigenvalue weighted by atomic mass is 9.74. The summed E-state index contributed by atoms with van der Waals surface area (Å²) in [6.45, 7) is 9.40. The lowest BCUT2D eigenvalue weighted by Gasteiger charge is -2.37. The van der Waals surface area contributed by atoms with Crippen molar-refractivity contribution in [2.45, 2.75) is 40.2 Å². The van der Waals surface area contributed by atoms with Crippen LogP contribution < -0.4 is 11.1 Å². The first kappa shape index (κ1) is 15.2. The third-order valence-corrected chi connectivity index (χ3v) is 4.12. The average Bonchev–Trinajstić information content (AvgIpc) is 2.21. The summed E-state index contributed by atoms with van der Waals surface area (Å²) < 4.78 is 0.938. The minimum Gasteiger partial charge on any atom is -0.325 e. The molecule has 18 heavy (non-hydrogen) atoms. The maximum Gasteiger partial charge on any atom is 0.231 e. The van der Waals surface area contributed by atoms with Crippen molar-refractivity contribution in [3.05, 3.63) is 28.2 Å². The zero-order valence-corrected chi connectivity index (χ0v) is 13.2. The van der Waals surface area contributed by atoms with E-state index in [1.54, 1.807) is 0 Å². The third kappa shape index (κ3) is 3.12. The molecule has 4 heteroatoms. The second-order valence-corrected chi connectivity index (χ2v) is 6.68. The molecule has 0 bridgehead atoms. The number of aryl methyl sites for hydroxylation is 1. The predicted octanol–water partition coefficient (Wildman–Crippen LogP) is 3.46. The zero-order valence-electron chi connectivity index (χ0n) is 11.6. The summed E-state index contributed by atoms with van der Waals surface area (Å²) in [6, 6.07) is 5.80. The Morgan fingerprint density at radius 3 is 2.33 bits per heavy atom. The Bertz CT molecular complexity index is 461. The number of carbonyl (C=O) groups excluding carboxylic acids is 1. The molecule has 0 spiro atoms. The largest absolute Gasteiger partial charge is 0.325 e. The Morgan fingerprint density at radius 1 is 1.28 bits per heavy atom. The summed E-state index contributed by atoms with van der Waals surface area (Å²) in [5.74, 6) is -0.0730. The fourth-order valence-electron chi connectivity index (χ4n) is 1.30. The van der Waals surface area contributed by atoms with Gasteiger partial charge in [0.2, 0.25) is 5.91 Å². The Labute approximate surface area is 117 Å². The van der Waals surface area contributed by atoms with Gasteiger partial charge in [0.1, 0.15) is 0 Å². The van der Waals surface area contributed by atoms with Crippen molar-refractivity contribution >= 4 is 27.5 Å². The summed E-state index contributed by atoms with van der Waals surface area (Å²) in [6.07, 6.45) is 0. The molecule has 0 aliphatic heterocycles. The number of amides is 1. The summed E-state index contributed by atoms with van der Waals surface area (Å²) in [5, 5.41) is 2.95. The highest BCUT2D eigenvalue weighted by molar-refractivity contribution is 9.10. The molecule has 1 rings (SSSR count). The molecule has 0 unspecified atom stereocenters. The van der Waals surface area contributed by atoms with E-state index in [1.807, 2.05) is 52.8 Å². The van der Waals surface area contributed by atoms with E-state index in [4.69, 9.17) is 5.73 Å². The first-order valence-corrected chi connectivity index (χ1v) is 6.71. The first-order valence-electron chi connectivity index (χ1n) is 5.92. The van der Waals surface area contributed by atoms with Gasteiger partial charge in [-0.1, -0.05) is 22.0 Å². The molecule has 100 valence electrons. The van der Waals surface area contributed by atoms with E-state index in [9.17, 15) is 4.79 Å². The van der Waals surface area contributed by atoms with Gasteiger partial charge in [-0.25, -0.2) is 0 Å². The summed E-state index contributed by atoms with van der Waals surface area (Å²) in [4.78, 5) is 12.3. The maximum absolute atomic E-state index is 12.3. The molecule has 0 aromatic heterocycles. The zero-order chi connectivity index (χ0) is 14.1. The Hall–Kier alpha value is -0.870. The third-order valence-electron chi connectivity index (χ3n) is 3.63. The van der Waals surface area contributed by atoms with Crippen LogP contribution in [0.3, 0.4) is 0 Å². The van der Waals surface area contributed by atoms with Crippen LogP contribution in [0, 0.1) is 12.3 Å². The summed E-state index contributed by atoms with van der Waals surface area (Å²) in [5.41, 5.74) is 6.67. The molecule has 0 fully saturated rings.